The summed E-state index contributed by atoms with van der Waals surface area (Å²) in [4.78, 5) is 0. The van der Waals surface area contributed by atoms with Gasteiger partial charge in [-0.2, -0.15) is 0 Å². The third-order valence-electron chi connectivity index (χ3n) is 2.72. The monoisotopic (exact) mass is 309 g/mol. The van der Waals surface area contributed by atoms with Crippen LogP contribution in [0.15, 0.2) is 39.4 Å². The Morgan fingerprint density at radius 2 is 2.06 bits per heavy atom. The molecule has 0 spiro atoms. The highest BCUT2D eigenvalue weighted by atomic mass is 79.9. The second-order valence-electron chi connectivity index (χ2n) is 3.96. The van der Waals surface area contributed by atoms with Crippen LogP contribution < -0.4 is 14.8 Å². The summed E-state index contributed by atoms with van der Waals surface area (Å²) < 4.78 is 16.9. The van der Waals surface area contributed by atoms with Gasteiger partial charge in [0.1, 0.15) is 5.76 Å². The molecule has 0 amide bonds. The van der Waals surface area contributed by atoms with Crippen LogP contribution >= 0.6 is 15.9 Å². The van der Waals surface area contributed by atoms with Crippen LogP contribution in [0.3, 0.4) is 0 Å². The SMILES string of the molecule is Brc1ccc(CNCc2cccc3c2OCO3)o1. The Bertz CT molecular complexity index is 553. The quantitative estimate of drug-likeness (QED) is 0.942. The summed E-state index contributed by atoms with van der Waals surface area (Å²) in [6.07, 6.45) is 0. The van der Waals surface area contributed by atoms with E-state index in [4.69, 9.17) is 13.9 Å². The highest BCUT2D eigenvalue weighted by molar-refractivity contribution is 9.10. The van der Waals surface area contributed by atoms with Gasteiger partial charge in [0.15, 0.2) is 16.2 Å². The second kappa shape index (κ2) is 5.04. The molecule has 2 heterocycles. The highest BCUT2D eigenvalue weighted by Gasteiger charge is 2.16. The molecule has 3 rings (SSSR count). The lowest BCUT2D eigenvalue weighted by Crippen LogP contribution is -2.12. The maximum atomic E-state index is 5.44. The molecule has 1 aliphatic heterocycles. The van der Waals surface area contributed by atoms with Gasteiger partial charge in [-0.1, -0.05) is 12.1 Å². The van der Waals surface area contributed by atoms with Crippen molar-refractivity contribution in [3.63, 3.8) is 0 Å². The number of para-hydroxylation sites is 1. The standard InChI is InChI=1S/C13H12BrNO3/c14-12-5-4-10(18-12)7-15-6-9-2-1-3-11-13(9)17-8-16-11/h1-5,15H,6-8H2. The van der Waals surface area contributed by atoms with E-state index >= 15 is 0 Å². The summed E-state index contributed by atoms with van der Waals surface area (Å²) in [6, 6.07) is 9.72. The fourth-order valence-electron chi connectivity index (χ4n) is 1.90. The minimum Gasteiger partial charge on any atom is -0.454 e. The first kappa shape index (κ1) is 11.6. The van der Waals surface area contributed by atoms with Crippen molar-refractivity contribution >= 4 is 15.9 Å². The number of hydrogen-bond donors (Lipinski definition) is 1. The van der Waals surface area contributed by atoms with Crippen LogP contribution in [0.2, 0.25) is 0 Å². The summed E-state index contributed by atoms with van der Waals surface area (Å²) in [6.45, 7) is 1.69. The van der Waals surface area contributed by atoms with Crippen molar-refractivity contribution in [3.05, 3.63) is 46.3 Å². The average molecular weight is 310 g/mol. The van der Waals surface area contributed by atoms with E-state index in [1.165, 1.54) is 0 Å². The van der Waals surface area contributed by atoms with Crippen LogP contribution in [0.1, 0.15) is 11.3 Å². The van der Waals surface area contributed by atoms with Crippen molar-refractivity contribution in [2.45, 2.75) is 13.1 Å². The van der Waals surface area contributed by atoms with Crippen LogP contribution in [0.4, 0.5) is 0 Å². The molecular weight excluding hydrogens is 298 g/mol. The van der Waals surface area contributed by atoms with E-state index in [2.05, 4.69) is 21.2 Å². The van der Waals surface area contributed by atoms with Gasteiger partial charge >= 0.3 is 0 Å². The molecule has 0 bridgehead atoms. The smallest absolute Gasteiger partial charge is 0.231 e. The van der Waals surface area contributed by atoms with E-state index in [1.807, 2.05) is 30.3 Å². The number of nitrogens with one attached hydrogen (secondary N) is 1. The number of hydrogen-bond acceptors (Lipinski definition) is 4. The molecule has 0 unspecified atom stereocenters. The van der Waals surface area contributed by atoms with E-state index in [9.17, 15) is 0 Å². The molecule has 2 aromatic rings. The first-order valence-corrected chi connectivity index (χ1v) is 6.44. The summed E-state index contributed by atoms with van der Waals surface area (Å²) in [5.74, 6) is 2.55. The lowest BCUT2D eigenvalue weighted by atomic mass is 10.2. The van der Waals surface area contributed by atoms with Crippen LogP contribution in [0, 0.1) is 0 Å². The van der Waals surface area contributed by atoms with E-state index in [0.29, 0.717) is 19.9 Å². The number of ether oxygens (including phenoxy) is 2. The summed E-state index contributed by atoms with van der Waals surface area (Å²) in [5, 5.41) is 3.31. The van der Waals surface area contributed by atoms with Gasteiger partial charge in [0.05, 0.1) is 6.54 Å². The second-order valence-corrected chi connectivity index (χ2v) is 4.74. The lowest BCUT2D eigenvalue weighted by molar-refractivity contribution is 0.173. The zero-order chi connectivity index (χ0) is 12.4. The molecule has 18 heavy (non-hydrogen) atoms. The van der Waals surface area contributed by atoms with Gasteiger partial charge in [0, 0.05) is 12.1 Å². The molecule has 0 saturated heterocycles. The van der Waals surface area contributed by atoms with E-state index in [0.717, 1.165) is 27.5 Å². The molecule has 94 valence electrons. The zero-order valence-electron chi connectivity index (χ0n) is 9.61. The largest absolute Gasteiger partial charge is 0.454 e. The molecule has 0 atom stereocenters. The summed E-state index contributed by atoms with van der Waals surface area (Å²) >= 11 is 3.28. The minimum absolute atomic E-state index is 0.303. The molecule has 1 aromatic heterocycles. The topological polar surface area (TPSA) is 43.6 Å². The molecular formula is C13H12BrNO3. The van der Waals surface area contributed by atoms with Crippen molar-refractivity contribution < 1.29 is 13.9 Å². The van der Waals surface area contributed by atoms with E-state index < -0.39 is 0 Å². The van der Waals surface area contributed by atoms with Gasteiger partial charge < -0.3 is 19.2 Å². The van der Waals surface area contributed by atoms with Crippen LogP contribution in [0.5, 0.6) is 11.5 Å². The number of rotatable bonds is 4. The van der Waals surface area contributed by atoms with Crippen molar-refractivity contribution in [3.8, 4) is 11.5 Å². The number of furan rings is 1. The Labute approximate surface area is 113 Å². The highest BCUT2D eigenvalue weighted by Crippen LogP contribution is 2.35. The average Bonchev–Trinajstić information content (AvgIpc) is 2.98. The summed E-state index contributed by atoms with van der Waals surface area (Å²) in [7, 11) is 0. The Morgan fingerprint density at radius 3 is 2.89 bits per heavy atom. The Kier molecular flexibility index (Phi) is 3.25. The Hall–Kier alpha value is -1.46. The maximum Gasteiger partial charge on any atom is 0.231 e. The van der Waals surface area contributed by atoms with E-state index in [1.54, 1.807) is 0 Å². The lowest BCUT2D eigenvalue weighted by Gasteiger charge is -2.06. The molecule has 1 aromatic carbocycles. The molecule has 0 saturated carbocycles. The maximum absolute atomic E-state index is 5.44. The van der Waals surface area contributed by atoms with Gasteiger partial charge in [0.25, 0.3) is 0 Å². The predicted molar refractivity (Wildman–Crippen MR) is 69.5 cm³/mol. The van der Waals surface area contributed by atoms with Crippen LogP contribution in [0.25, 0.3) is 0 Å². The first-order valence-electron chi connectivity index (χ1n) is 5.65. The molecule has 0 radical (unpaired) electrons. The van der Waals surface area contributed by atoms with Gasteiger partial charge in [-0.15, -0.1) is 0 Å². The molecule has 4 nitrogen and oxygen atoms in total. The predicted octanol–water partition coefficient (Wildman–Crippen LogP) is 3.06. The van der Waals surface area contributed by atoms with Crippen molar-refractivity contribution in [2.24, 2.45) is 0 Å². The molecule has 0 fully saturated rings. The van der Waals surface area contributed by atoms with Gasteiger partial charge in [-0.3, -0.25) is 0 Å². The van der Waals surface area contributed by atoms with Crippen LogP contribution in [-0.2, 0) is 13.1 Å². The van der Waals surface area contributed by atoms with Gasteiger partial charge in [-0.05, 0) is 34.1 Å². The molecule has 1 N–H and O–H groups in total. The van der Waals surface area contributed by atoms with Crippen LogP contribution in [-0.4, -0.2) is 6.79 Å². The first-order chi connectivity index (χ1) is 8.83. The molecule has 1 aliphatic rings. The number of benzene rings is 1. The third kappa shape index (κ3) is 2.37. The zero-order valence-corrected chi connectivity index (χ0v) is 11.2. The number of fused-ring (bicyclic) bond motifs is 1. The van der Waals surface area contributed by atoms with Crippen molar-refractivity contribution in [1.29, 1.82) is 0 Å². The molecule has 0 aliphatic carbocycles. The van der Waals surface area contributed by atoms with Crippen molar-refractivity contribution in [2.75, 3.05) is 6.79 Å². The normalized spacial score (nSPS) is 12.9. The van der Waals surface area contributed by atoms with Gasteiger partial charge in [-0.25, -0.2) is 0 Å². The fraction of sp³-hybridized carbons (Fsp3) is 0.231. The minimum atomic E-state index is 0.303. The third-order valence-corrected chi connectivity index (χ3v) is 3.15. The Morgan fingerprint density at radius 1 is 1.11 bits per heavy atom. The fourth-order valence-corrected chi connectivity index (χ4v) is 2.24. The summed E-state index contributed by atoms with van der Waals surface area (Å²) in [5.41, 5.74) is 1.09. The van der Waals surface area contributed by atoms with Crippen molar-refractivity contribution in [1.82, 2.24) is 5.32 Å². The van der Waals surface area contributed by atoms with E-state index in [-0.39, 0.29) is 0 Å². The van der Waals surface area contributed by atoms with Gasteiger partial charge in [0.2, 0.25) is 6.79 Å². The molecule has 5 heteroatoms. The number of halogens is 1. The Balaban J connectivity index is 1.62.